The summed E-state index contributed by atoms with van der Waals surface area (Å²) in [5.74, 6) is 2.22. The van der Waals surface area contributed by atoms with E-state index in [2.05, 4.69) is 71.3 Å². The van der Waals surface area contributed by atoms with Crippen LogP contribution in [0.2, 0.25) is 0 Å². The van der Waals surface area contributed by atoms with Gasteiger partial charge in [0.05, 0.1) is 27.6 Å². The van der Waals surface area contributed by atoms with E-state index in [0.717, 1.165) is 88.2 Å². The zero-order valence-electron chi connectivity index (χ0n) is 21.6. The Morgan fingerprint density at radius 3 is 2.24 bits per heavy atom. The quantitative estimate of drug-likeness (QED) is 0.214. The van der Waals surface area contributed by atoms with E-state index < -0.39 is 0 Å². The van der Waals surface area contributed by atoms with E-state index in [1.807, 2.05) is 48.5 Å². The van der Waals surface area contributed by atoms with Crippen molar-refractivity contribution in [3.63, 3.8) is 0 Å². The first-order valence-corrected chi connectivity index (χ1v) is 13.7. The number of furan rings is 1. The molecule has 3 aromatic heterocycles. The average molecular weight is 526 g/mol. The smallest absolute Gasteiger partial charge is 0.235 e. The van der Waals surface area contributed by atoms with Crippen LogP contribution in [0.25, 0.3) is 82.6 Å². The van der Waals surface area contributed by atoms with Crippen molar-refractivity contribution in [3.8, 4) is 28.7 Å². The lowest BCUT2D eigenvalue weighted by Crippen LogP contribution is -2.06. The fraction of sp³-hybridized carbons (Fsp3) is 0. The Morgan fingerprint density at radius 1 is 0.512 bits per heavy atom. The van der Waals surface area contributed by atoms with Crippen LogP contribution in [-0.4, -0.2) is 14.5 Å². The minimum atomic E-state index is 0.636. The Labute approximate surface area is 232 Å². The molecule has 10 rings (SSSR count). The summed E-state index contributed by atoms with van der Waals surface area (Å²) in [6.07, 6.45) is 0. The number of para-hydroxylation sites is 3. The minimum absolute atomic E-state index is 0.636. The Kier molecular flexibility index (Phi) is 3.87. The number of rotatable bonds is 1. The largest absolute Gasteiger partial charge is 0.456 e. The van der Waals surface area contributed by atoms with E-state index in [9.17, 15) is 0 Å². The molecule has 0 atom stereocenters. The van der Waals surface area contributed by atoms with Crippen molar-refractivity contribution < 1.29 is 9.15 Å². The number of benzene rings is 6. The highest BCUT2D eigenvalue weighted by atomic mass is 16.5. The Hall–Kier alpha value is -5.68. The zero-order valence-corrected chi connectivity index (χ0v) is 21.6. The first kappa shape index (κ1) is 21.2. The van der Waals surface area contributed by atoms with Gasteiger partial charge in [-0.05, 0) is 53.9 Å². The van der Waals surface area contributed by atoms with Crippen LogP contribution in [-0.2, 0) is 0 Å². The van der Waals surface area contributed by atoms with Crippen molar-refractivity contribution in [3.05, 3.63) is 115 Å². The normalized spacial score (nSPS) is 12.6. The number of hydrogen-bond donors (Lipinski definition) is 0. The average Bonchev–Trinajstić information content (AvgIpc) is 3.57. The van der Waals surface area contributed by atoms with Gasteiger partial charge < -0.3 is 9.15 Å². The van der Waals surface area contributed by atoms with Gasteiger partial charge in [-0.25, -0.2) is 9.97 Å². The summed E-state index contributed by atoms with van der Waals surface area (Å²) in [5.41, 5.74) is 6.63. The van der Waals surface area contributed by atoms with Gasteiger partial charge in [0.2, 0.25) is 5.95 Å². The molecule has 0 unspecified atom stereocenters. The van der Waals surface area contributed by atoms with Crippen molar-refractivity contribution in [2.45, 2.75) is 0 Å². The topological polar surface area (TPSA) is 53.1 Å². The summed E-state index contributed by atoms with van der Waals surface area (Å²) in [6, 6.07) is 39.6. The molecule has 0 N–H and O–H groups in total. The van der Waals surface area contributed by atoms with Gasteiger partial charge in [-0.15, -0.1) is 0 Å². The van der Waals surface area contributed by atoms with Crippen molar-refractivity contribution >= 4 is 65.4 Å². The lowest BCUT2D eigenvalue weighted by molar-refractivity contribution is 0.486. The van der Waals surface area contributed by atoms with Gasteiger partial charge in [-0.1, -0.05) is 66.7 Å². The van der Waals surface area contributed by atoms with Crippen LogP contribution in [0.4, 0.5) is 0 Å². The molecule has 6 aromatic carbocycles. The minimum Gasteiger partial charge on any atom is -0.456 e. The molecule has 0 amide bonds. The van der Waals surface area contributed by atoms with Crippen molar-refractivity contribution in [2.75, 3.05) is 0 Å². The maximum absolute atomic E-state index is 6.25. The molecule has 0 saturated carbocycles. The second-order valence-corrected chi connectivity index (χ2v) is 10.6. The summed E-state index contributed by atoms with van der Waals surface area (Å²) in [4.78, 5) is 10.4. The number of ether oxygens (including phenoxy) is 1. The molecule has 0 saturated heterocycles. The van der Waals surface area contributed by atoms with E-state index in [-0.39, 0.29) is 0 Å². The van der Waals surface area contributed by atoms with Gasteiger partial charge in [0, 0.05) is 32.5 Å². The molecule has 190 valence electrons. The van der Waals surface area contributed by atoms with E-state index in [0.29, 0.717) is 5.95 Å². The second kappa shape index (κ2) is 7.49. The molecule has 0 aliphatic carbocycles. The lowest BCUT2D eigenvalue weighted by Gasteiger charge is -2.21. The first-order valence-electron chi connectivity index (χ1n) is 13.7. The zero-order chi connectivity index (χ0) is 26.7. The molecule has 0 spiro atoms. The van der Waals surface area contributed by atoms with Gasteiger partial charge in [0.25, 0.3) is 0 Å². The molecule has 0 radical (unpaired) electrons. The van der Waals surface area contributed by atoms with Crippen LogP contribution in [0.15, 0.2) is 120 Å². The Morgan fingerprint density at radius 2 is 1.27 bits per heavy atom. The number of nitrogens with zero attached hydrogens (tertiary/aromatic N) is 3. The molecular formula is C36H19N3O2. The fourth-order valence-corrected chi connectivity index (χ4v) is 6.69. The fourth-order valence-electron chi connectivity index (χ4n) is 6.69. The van der Waals surface area contributed by atoms with Crippen LogP contribution < -0.4 is 4.74 Å². The molecular weight excluding hydrogens is 506 g/mol. The van der Waals surface area contributed by atoms with Crippen molar-refractivity contribution in [1.29, 1.82) is 0 Å². The van der Waals surface area contributed by atoms with Crippen LogP contribution in [0.3, 0.4) is 0 Å². The third-order valence-electron chi connectivity index (χ3n) is 8.40. The van der Waals surface area contributed by atoms with E-state index >= 15 is 0 Å². The summed E-state index contributed by atoms with van der Waals surface area (Å²) < 4.78 is 14.7. The molecule has 1 aliphatic rings. The van der Waals surface area contributed by atoms with E-state index in [1.54, 1.807) is 0 Å². The van der Waals surface area contributed by atoms with E-state index in [4.69, 9.17) is 19.1 Å². The maximum Gasteiger partial charge on any atom is 0.235 e. The molecule has 0 fully saturated rings. The highest BCUT2D eigenvalue weighted by Crippen LogP contribution is 2.46. The van der Waals surface area contributed by atoms with Crippen molar-refractivity contribution in [2.24, 2.45) is 0 Å². The Bertz CT molecular complexity index is 2570. The van der Waals surface area contributed by atoms with Crippen LogP contribution in [0, 0.1) is 0 Å². The van der Waals surface area contributed by atoms with Crippen LogP contribution in [0.1, 0.15) is 0 Å². The number of aromatic nitrogens is 3. The summed E-state index contributed by atoms with van der Waals surface area (Å²) in [7, 11) is 0. The summed E-state index contributed by atoms with van der Waals surface area (Å²) in [5, 5.41) is 7.78. The van der Waals surface area contributed by atoms with Crippen LogP contribution >= 0.6 is 0 Å². The van der Waals surface area contributed by atoms with Gasteiger partial charge in [0.1, 0.15) is 22.7 Å². The highest BCUT2D eigenvalue weighted by molar-refractivity contribution is 6.26. The molecule has 41 heavy (non-hydrogen) atoms. The van der Waals surface area contributed by atoms with Gasteiger partial charge >= 0.3 is 0 Å². The number of fused-ring (bicyclic) bond motifs is 11. The predicted molar refractivity (Wildman–Crippen MR) is 164 cm³/mol. The molecule has 5 heteroatoms. The first-order chi connectivity index (χ1) is 20.3. The number of hydrogen-bond acceptors (Lipinski definition) is 4. The predicted octanol–water partition coefficient (Wildman–Crippen LogP) is 9.55. The summed E-state index contributed by atoms with van der Waals surface area (Å²) >= 11 is 0. The van der Waals surface area contributed by atoms with Gasteiger partial charge in [-0.3, -0.25) is 4.57 Å². The maximum atomic E-state index is 6.25. The second-order valence-electron chi connectivity index (χ2n) is 10.6. The molecule has 0 bridgehead atoms. The third-order valence-corrected chi connectivity index (χ3v) is 8.40. The van der Waals surface area contributed by atoms with Gasteiger partial charge in [-0.2, -0.15) is 0 Å². The van der Waals surface area contributed by atoms with Crippen molar-refractivity contribution in [1.82, 2.24) is 14.5 Å². The molecule has 5 nitrogen and oxygen atoms in total. The SMILES string of the molecule is c1ccc2c(c1)Oc1cccc3nc(-n4c5ccccc5c5ccc6c(ccc7oc8ccccc8c76)c54)nc-2c13. The monoisotopic (exact) mass is 525 g/mol. The molecule has 9 aromatic rings. The third kappa shape index (κ3) is 2.70. The molecule has 4 heterocycles. The Balaban J connectivity index is 1.39. The van der Waals surface area contributed by atoms with Crippen LogP contribution in [0.5, 0.6) is 11.5 Å². The highest BCUT2D eigenvalue weighted by Gasteiger charge is 2.25. The molecule has 1 aliphatic heterocycles. The lowest BCUT2D eigenvalue weighted by atomic mass is 10.0. The van der Waals surface area contributed by atoms with E-state index in [1.165, 1.54) is 0 Å². The van der Waals surface area contributed by atoms with Gasteiger partial charge in [0.15, 0.2) is 0 Å². The summed E-state index contributed by atoms with van der Waals surface area (Å²) in [6.45, 7) is 0. The standard InChI is InChI=1S/C36H19N3O2/c1-4-12-27-20(8-1)22-17-16-21-23(18-19-31-32(21)24-9-2-5-13-28(24)40-31)35(22)39(27)36-37-26-11-7-15-30-33(26)34(38-36)25-10-3-6-14-29(25)41-30/h1-19H.